The quantitative estimate of drug-likeness (QED) is 0.765. The summed E-state index contributed by atoms with van der Waals surface area (Å²) in [4.78, 5) is 12.1. The number of rotatable bonds is 7. The van der Waals surface area contributed by atoms with Crippen molar-refractivity contribution in [2.45, 2.75) is 20.8 Å². The lowest BCUT2D eigenvalue weighted by Gasteiger charge is -2.11. The smallest absolute Gasteiger partial charge is 0.251 e. The second kappa shape index (κ2) is 8.60. The van der Waals surface area contributed by atoms with Crippen LogP contribution in [-0.2, 0) is 0 Å². The number of carbonyl (C=O) groups excluding carboxylic acids is 1. The molecule has 0 aliphatic heterocycles. The third kappa shape index (κ3) is 4.90. The van der Waals surface area contributed by atoms with E-state index in [9.17, 15) is 4.79 Å². The van der Waals surface area contributed by atoms with E-state index < -0.39 is 0 Å². The lowest BCUT2D eigenvalue weighted by Crippen LogP contribution is -2.28. The summed E-state index contributed by atoms with van der Waals surface area (Å²) in [6, 6.07) is 11.0. The summed E-state index contributed by atoms with van der Waals surface area (Å²) in [5, 5.41) is 3.25. The zero-order valence-electron chi connectivity index (χ0n) is 14.2. The maximum atomic E-state index is 12.1. The number of halogens is 1. The van der Waals surface area contributed by atoms with Gasteiger partial charge in [0.2, 0.25) is 0 Å². The highest BCUT2D eigenvalue weighted by atomic mass is 35.5. The Bertz CT molecular complexity index is 716. The minimum Gasteiger partial charge on any atom is -0.492 e. The van der Waals surface area contributed by atoms with Crippen molar-refractivity contribution in [1.82, 2.24) is 5.32 Å². The number of aryl methyl sites for hydroxylation is 2. The van der Waals surface area contributed by atoms with Gasteiger partial charge in [0.1, 0.15) is 18.1 Å². The van der Waals surface area contributed by atoms with Gasteiger partial charge in [-0.05, 0) is 56.2 Å². The standard InChI is InChI=1S/C19H22ClNO3/c1-4-23-17-8-7-15(12-16(17)20)19(22)21-9-10-24-18-11-13(2)5-6-14(18)3/h5-8,11-12H,4,9-10H2,1-3H3,(H,21,22). The first kappa shape index (κ1) is 18.1. The van der Waals surface area contributed by atoms with Crippen LogP contribution in [0.25, 0.3) is 0 Å². The van der Waals surface area contributed by atoms with Crippen LogP contribution in [0.4, 0.5) is 0 Å². The number of hydrogen-bond acceptors (Lipinski definition) is 3. The maximum Gasteiger partial charge on any atom is 0.251 e. The van der Waals surface area contributed by atoms with Gasteiger partial charge in [0.25, 0.3) is 5.91 Å². The zero-order chi connectivity index (χ0) is 17.5. The lowest BCUT2D eigenvalue weighted by atomic mass is 10.1. The van der Waals surface area contributed by atoms with Crippen LogP contribution < -0.4 is 14.8 Å². The average molecular weight is 348 g/mol. The molecule has 0 spiro atoms. The summed E-state index contributed by atoms with van der Waals surface area (Å²) in [6.45, 7) is 7.24. The van der Waals surface area contributed by atoms with E-state index in [2.05, 4.69) is 5.32 Å². The summed E-state index contributed by atoms with van der Waals surface area (Å²) < 4.78 is 11.1. The van der Waals surface area contributed by atoms with Gasteiger partial charge >= 0.3 is 0 Å². The average Bonchev–Trinajstić information content (AvgIpc) is 2.56. The fraction of sp³-hybridized carbons (Fsp3) is 0.316. The lowest BCUT2D eigenvalue weighted by molar-refractivity contribution is 0.0947. The number of nitrogens with one attached hydrogen (secondary N) is 1. The van der Waals surface area contributed by atoms with Crippen LogP contribution in [0.1, 0.15) is 28.4 Å². The van der Waals surface area contributed by atoms with Crippen molar-refractivity contribution in [2.75, 3.05) is 19.8 Å². The SMILES string of the molecule is CCOc1ccc(C(=O)NCCOc2cc(C)ccc2C)cc1Cl. The molecule has 1 N–H and O–H groups in total. The molecule has 0 saturated carbocycles. The molecule has 0 fully saturated rings. The molecular weight excluding hydrogens is 326 g/mol. The molecule has 0 bridgehead atoms. The van der Waals surface area contributed by atoms with Crippen molar-refractivity contribution >= 4 is 17.5 Å². The summed E-state index contributed by atoms with van der Waals surface area (Å²) in [5.41, 5.74) is 2.71. The highest BCUT2D eigenvalue weighted by molar-refractivity contribution is 6.32. The molecule has 0 atom stereocenters. The molecule has 0 aromatic heterocycles. The molecule has 0 radical (unpaired) electrons. The van der Waals surface area contributed by atoms with Gasteiger partial charge in [0, 0.05) is 5.56 Å². The van der Waals surface area contributed by atoms with E-state index in [1.165, 1.54) is 0 Å². The second-order valence-electron chi connectivity index (χ2n) is 5.45. The largest absolute Gasteiger partial charge is 0.492 e. The Morgan fingerprint density at radius 1 is 1.08 bits per heavy atom. The van der Waals surface area contributed by atoms with Crippen LogP contribution in [0.3, 0.4) is 0 Å². The van der Waals surface area contributed by atoms with Crippen molar-refractivity contribution in [1.29, 1.82) is 0 Å². The van der Waals surface area contributed by atoms with E-state index in [-0.39, 0.29) is 5.91 Å². The van der Waals surface area contributed by atoms with Crippen LogP contribution >= 0.6 is 11.6 Å². The van der Waals surface area contributed by atoms with Gasteiger partial charge < -0.3 is 14.8 Å². The topological polar surface area (TPSA) is 47.6 Å². The van der Waals surface area contributed by atoms with Crippen LogP contribution in [0.2, 0.25) is 5.02 Å². The van der Waals surface area contributed by atoms with Gasteiger partial charge in [-0.2, -0.15) is 0 Å². The predicted octanol–water partition coefficient (Wildman–Crippen LogP) is 4.16. The predicted molar refractivity (Wildman–Crippen MR) is 96.4 cm³/mol. The number of hydrogen-bond donors (Lipinski definition) is 1. The molecule has 5 heteroatoms. The Balaban J connectivity index is 1.85. The van der Waals surface area contributed by atoms with Gasteiger partial charge in [0.05, 0.1) is 18.2 Å². The van der Waals surface area contributed by atoms with Crippen molar-refractivity contribution < 1.29 is 14.3 Å². The highest BCUT2D eigenvalue weighted by Gasteiger charge is 2.09. The van der Waals surface area contributed by atoms with Gasteiger partial charge in [-0.3, -0.25) is 4.79 Å². The Morgan fingerprint density at radius 3 is 2.58 bits per heavy atom. The Kier molecular flexibility index (Phi) is 6.50. The number of carbonyl (C=O) groups is 1. The normalized spacial score (nSPS) is 10.3. The van der Waals surface area contributed by atoms with E-state index >= 15 is 0 Å². The maximum absolute atomic E-state index is 12.1. The van der Waals surface area contributed by atoms with E-state index in [0.29, 0.717) is 36.1 Å². The summed E-state index contributed by atoms with van der Waals surface area (Å²) in [6.07, 6.45) is 0. The highest BCUT2D eigenvalue weighted by Crippen LogP contribution is 2.25. The van der Waals surface area contributed by atoms with E-state index in [1.54, 1.807) is 18.2 Å². The molecule has 2 aromatic carbocycles. The van der Waals surface area contributed by atoms with Crippen LogP contribution in [0.5, 0.6) is 11.5 Å². The molecule has 24 heavy (non-hydrogen) atoms. The van der Waals surface area contributed by atoms with Crippen molar-refractivity contribution in [3.63, 3.8) is 0 Å². The van der Waals surface area contributed by atoms with Crippen LogP contribution in [-0.4, -0.2) is 25.7 Å². The Hall–Kier alpha value is -2.20. The summed E-state index contributed by atoms with van der Waals surface area (Å²) >= 11 is 6.10. The van der Waals surface area contributed by atoms with Gasteiger partial charge in [-0.25, -0.2) is 0 Å². The number of benzene rings is 2. The summed E-state index contributed by atoms with van der Waals surface area (Å²) in [5.74, 6) is 1.23. The van der Waals surface area contributed by atoms with Crippen LogP contribution in [0, 0.1) is 13.8 Å². The molecule has 2 rings (SSSR count). The van der Waals surface area contributed by atoms with Gasteiger partial charge in [-0.1, -0.05) is 23.7 Å². The first-order valence-electron chi connectivity index (χ1n) is 7.92. The minimum atomic E-state index is -0.190. The fourth-order valence-electron chi connectivity index (χ4n) is 2.21. The fourth-order valence-corrected chi connectivity index (χ4v) is 2.44. The van der Waals surface area contributed by atoms with Gasteiger partial charge in [0.15, 0.2) is 0 Å². The number of amides is 1. The first-order valence-corrected chi connectivity index (χ1v) is 8.29. The molecule has 0 aliphatic carbocycles. The molecule has 0 aliphatic rings. The van der Waals surface area contributed by atoms with Crippen molar-refractivity contribution in [2.24, 2.45) is 0 Å². The van der Waals surface area contributed by atoms with Crippen molar-refractivity contribution in [3.8, 4) is 11.5 Å². The Labute approximate surface area is 147 Å². The monoisotopic (exact) mass is 347 g/mol. The molecule has 0 unspecified atom stereocenters. The third-order valence-corrected chi connectivity index (χ3v) is 3.78. The van der Waals surface area contributed by atoms with Crippen molar-refractivity contribution in [3.05, 3.63) is 58.1 Å². The number of ether oxygens (including phenoxy) is 2. The molecule has 1 amide bonds. The second-order valence-corrected chi connectivity index (χ2v) is 5.86. The third-order valence-electron chi connectivity index (χ3n) is 3.48. The molecule has 128 valence electrons. The Morgan fingerprint density at radius 2 is 1.88 bits per heavy atom. The molecule has 0 saturated heterocycles. The molecule has 4 nitrogen and oxygen atoms in total. The van der Waals surface area contributed by atoms with Crippen LogP contribution in [0.15, 0.2) is 36.4 Å². The van der Waals surface area contributed by atoms with E-state index in [0.717, 1.165) is 16.9 Å². The van der Waals surface area contributed by atoms with E-state index in [1.807, 2.05) is 39.0 Å². The van der Waals surface area contributed by atoms with Gasteiger partial charge in [-0.15, -0.1) is 0 Å². The van der Waals surface area contributed by atoms with E-state index in [4.69, 9.17) is 21.1 Å². The minimum absolute atomic E-state index is 0.190. The molecular formula is C19H22ClNO3. The zero-order valence-corrected chi connectivity index (χ0v) is 14.9. The summed E-state index contributed by atoms with van der Waals surface area (Å²) in [7, 11) is 0. The molecule has 2 aromatic rings. The first-order chi connectivity index (χ1) is 11.5. The molecule has 0 heterocycles.